The highest BCUT2D eigenvalue weighted by Gasteiger charge is 2.30. The number of rotatable bonds is 4. The zero-order chi connectivity index (χ0) is 21.4. The van der Waals surface area contributed by atoms with Gasteiger partial charge in [0.1, 0.15) is 5.82 Å². The fraction of sp³-hybridized carbons (Fsp3) is 0.435. The van der Waals surface area contributed by atoms with Crippen molar-refractivity contribution >= 4 is 44.9 Å². The van der Waals surface area contributed by atoms with Crippen molar-refractivity contribution in [3.63, 3.8) is 0 Å². The van der Waals surface area contributed by atoms with Crippen LogP contribution in [-0.4, -0.2) is 44.5 Å². The predicted molar refractivity (Wildman–Crippen MR) is 126 cm³/mol. The molecule has 1 aliphatic carbocycles. The molecule has 0 radical (unpaired) electrons. The summed E-state index contributed by atoms with van der Waals surface area (Å²) >= 11 is 9.99. The van der Waals surface area contributed by atoms with Crippen molar-refractivity contribution < 1.29 is 4.79 Å². The number of likely N-dealkylation sites (tertiary alicyclic amines) is 1. The third kappa shape index (κ3) is 4.17. The van der Waals surface area contributed by atoms with E-state index in [1.807, 2.05) is 34.8 Å². The van der Waals surface area contributed by atoms with Crippen LogP contribution in [0.1, 0.15) is 38.5 Å². The van der Waals surface area contributed by atoms with Crippen LogP contribution in [0.2, 0.25) is 5.02 Å². The lowest BCUT2D eigenvalue weighted by atomic mass is 10.0. The van der Waals surface area contributed by atoms with E-state index >= 15 is 0 Å². The SMILES string of the molecule is O=C(C1CCCC1)N1CCC(Nc2cc(-c3ccccc3Cl)nc3c(Br)cnn23)CC1. The molecule has 5 rings (SSSR count). The maximum absolute atomic E-state index is 12.7. The second-order valence-electron chi connectivity index (χ2n) is 8.46. The molecule has 1 aliphatic heterocycles. The molecule has 31 heavy (non-hydrogen) atoms. The van der Waals surface area contributed by atoms with Crippen molar-refractivity contribution in [2.24, 2.45) is 5.92 Å². The van der Waals surface area contributed by atoms with E-state index in [2.05, 4.69) is 31.2 Å². The van der Waals surface area contributed by atoms with Crippen molar-refractivity contribution in [1.29, 1.82) is 0 Å². The number of carbonyl (C=O) groups is 1. The van der Waals surface area contributed by atoms with E-state index in [1.54, 1.807) is 6.20 Å². The molecular formula is C23H25BrClN5O. The minimum atomic E-state index is 0.254. The minimum absolute atomic E-state index is 0.254. The van der Waals surface area contributed by atoms with Gasteiger partial charge in [-0.1, -0.05) is 42.6 Å². The van der Waals surface area contributed by atoms with Gasteiger partial charge in [-0.3, -0.25) is 4.79 Å². The van der Waals surface area contributed by atoms with Gasteiger partial charge in [0.15, 0.2) is 5.65 Å². The van der Waals surface area contributed by atoms with Crippen LogP contribution in [0.5, 0.6) is 0 Å². The molecule has 8 heteroatoms. The number of fused-ring (bicyclic) bond motifs is 1. The second-order valence-corrected chi connectivity index (χ2v) is 9.72. The van der Waals surface area contributed by atoms with Crippen molar-refractivity contribution in [2.75, 3.05) is 18.4 Å². The molecule has 0 spiro atoms. The topological polar surface area (TPSA) is 62.5 Å². The fourth-order valence-electron chi connectivity index (χ4n) is 4.73. The first-order valence-electron chi connectivity index (χ1n) is 10.9. The average molecular weight is 503 g/mol. The number of hydrogen-bond acceptors (Lipinski definition) is 4. The van der Waals surface area contributed by atoms with Crippen LogP contribution in [0, 0.1) is 5.92 Å². The van der Waals surface area contributed by atoms with E-state index < -0.39 is 0 Å². The fourth-order valence-corrected chi connectivity index (χ4v) is 5.31. The molecule has 3 aromatic rings. The first-order chi connectivity index (χ1) is 15.1. The van der Waals surface area contributed by atoms with E-state index in [1.165, 1.54) is 12.8 Å². The summed E-state index contributed by atoms with van der Waals surface area (Å²) in [7, 11) is 0. The van der Waals surface area contributed by atoms with E-state index in [0.717, 1.165) is 66.0 Å². The maximum atomic E-state index is 12.7. The van der Waals surface area contributed by atoms with Crippen LogP contribution in [0.15, 0.2) is 41.0 Å². The number of nitrogens with one attached hydrogen (secondary N) is 1. The normalized spacial score (nSPS) is 18.1. The Morgan fingerprint density at radius 3 is 2.61 bits per heavy atom. The number of amides is 1. The zero-order valence-electron chi connectivity index (χ0n) is 17.2. The van der Waals surface area contributed by atoms with Gasteiger partial charge in [0.2, 0.25) is 5.91 Å². The molecule has 0 atom stereocenters. The number of nitrogens with zero attached hydrogens (tertiary/aromatic N) is 4. The van der Waals surface area contributed by atoms with Gasteiger partial charge in [0, 0.05) is 41.7 Å². The van der Waals surface area contributed by atoms with Gasteiger partial charge < -0.3 is 10.2 Å². The molecule has 1 N–H and O–H groups in total. The Hall–Kier alpha value is -2.12. The Labute approximate surface area is 195 Å². The average Bonchev–Trinajstić information content (AvgIpc) is 3.45. The van der Waals surface area contributed by atoms with Crippen LogP contribution < -0.4 is 5.32 Å². The Balaban J connectivity index is 1.36. The Bertz CT molecular complexity index is 1100. The van der Waals surface area contributed by atoms with Gasteiger partial charge in [0.25, 0.3) is 0 Å². The number of piperidine rings is 1. The summed E-state index contributed by atoms with van der Waals surface area (Å²) in [4.78, 5) is 19.6. The molecule has 0 unspecified atom stereocenters. The van der Waals surface area contributed by atoms with Crippen LogP contribution in [0.4, 0.5) is 5.82 Å². The third-order valence-electron chi connectivity index (χ3n) is 6.44. The summed E-state index contributed by atoms with van der Waals surface area (Å²) in [5, 5.41) is 8.80. The van der Waals surface area contributed by atoms with Crippen molar-refractivity contribution in [3.8, 4) is 11.3 Å². The molecule has 3 heterocycles. The Morgan fingerprint density at radius 2 is 1.87 bits per heavy atom. The van der Waals surface area contributed by atoms with Crippen molar-refractivity contribution in [1.82, 2.24) is 19.5 Å². The molecule has 2 aromatic heterocycles. The summed E-state index contributed by atoms with van der Waals surface area (Å²) in [6.45, 7) is 1.61. The first kappa shape index (κ1) is 20.8. The van der Waals surface area contributed by atoms with Crippen LogP contribution in [0.3, 0.4) is 0 Å². The molecule has 2 aliphatic rings. The summed E-state index contributed by atoms with van der Waals surface area (Å²) in [5.41, 5.74) is 2.43. The Kier molecular flexibility index (Phi) is 5.89. The van der Waals surface area contributed by atoms with E-state index in [0.29, 0.717) is 10.9 Å². The van der Waals surface area contributed by atoms with Crippen LogP contribution in [0.25, 0.3) is 16.9 Å². The van der Waals surface area contributed by atoms with E-state index in [4.69, 9.17) is 16.6 Å². The molecule has 0 bridgehead atoms. The quantitative estimate of drug-likeness (QED) is 0.518. The summed E-state index contributed by atoms with van der Waals surface area (Å²) in [6, 6.07) is 10.0. The summed E-state index contributed by atoms with van der Waals surface area (Å²) < 4.78 is 2.65. The largest absolute Gasteiger partial charge is 0.367 e. The molecule has 1 aromatic carbocycles. The van der Waals surface area contributed by atoms with Gasteiger partial charge in [-0.15, -0.1) is 0 Å². The van der Waals surface area contributed by atoms with Crippen molar-refractivity contribution in [2.45, 2.75) is 44.6 Å². The molecular weight excluding hydrogens is 478 g/mol. The lowest BCUT2D eigenvalue weighted by Gasteiger charge is -2.34. The lowest BCUT2D eigenvalue weighted by Crippen LogP contribution is -2.44. The highest BCUT2D eigenvalue weighted by atomic mass is 79.9. The molecule has 1 amide bonds. The smallest absolute Gasteiger partial charge is 0.225 e. The molecule has 1 saturated heterocycles. The molecule has 2 fully saturated rings. The summed E-state index contributed by atoms with van der Waals surface area (Å²) in [5.74, 6) is 1.49. The van der Waals surface area contributed by atoms with E-state index in [9.17, 15) is 4.79 Å². The zero-order valence-corrected chi connectivity index (χ0v) is 19.6. The summed E-state index contributed by atoms with van der Waals surface area (Å²) in [6.07, 6.45) is 8.11. The van der Waals surface area contributed by atoms with Gasteiger partial charge in [-0.05, 0) is 47.7 Å². The van der Waals surface area contributed by atoms with Gasteiger partial charge >= 0.3 is 0 Å². The predicted octanol–water partition coefficient (Wildman–Crippen LogP) is 5.41. The van der Waals surface area contributed by atoms with Gasteiger partial charge in [-0.2, -0.15) is 9.61 Å². The number of benzene rings is 1. The first-order valence-corrected chi connectivity index (χ1v) is 12.1. The monoisotopic (exact) mass is 501 g/mol. The maximum Gasteiger partial charge on any atom is 0.225 e. The highest BCUT2D eigenvalue weighted by Crippen LogP contribution is 2.32. The Morgan fingerprint density at radius 1 is 1.13 bits per heavy atom. The van der Waals surface area contributed by atoms with E-state index in [-0.39, 0.29) is 12.0 Å². The number of hydrogen-bond donors (Lipinski definition) is 1. The molecule has 162 valence electrons. The minimum Gasteiger partial charge on any atom is -0.367 e. The number of aromatic nitrogens is 3. The molecule has 1 saturated carbocycles. The van der Waals surface area contributed by atoms with Crippen LogP contribution >= 0.6 is 27.5 Å². The standard InChI is InChI=1S/C23H25BrClN5O/c24-18-14-26-30-21(13-20(28-22(18)30)17-7-3-4-8-19(17)25)27-16-9-11-29(12-10-16)23(31)15-5-1-2-6-15/h3-4,7-8,13-16,27H,1-2,5-6,9-12H2. The van der Waals surface area contributed by atoms with Gasteiger partial charge in [-0.25, -0.2) is 4.98 Å². The molecule has 6 nitrogen and oxygen atoms in total. The second kappa shape index (κ2) is 8.79. The number of carbonyl (C=O) groups excluding carboxylic acids is 1. The highest BCUT2D eigenvalue weighted by molar-refractivity contribution is 9.10. The third-order valence-corrected chi connectivity index (χ3v) is 7.33. The lowest BCUT2D eigenvalue weighted by molar-refractivity contribution is -0.136. The number of halogens is 2. The van der Waals surface area contributed by atoms with Crippen molar-refractivity contribution in [3.05, 3.63) is 46.0 Å². The van der Waals surface area contributed by atoms with Crippen LogP contribution in [-0.2, 0) is 4.79 Å². The van der Waals surface area contributed by atoms with Gasteiger partial charge in [0.05, 0.1) is 16.4 Å². The number of anilines is 1.